The lowest BCUT2D eigenvalue weighted by Crippen LogP contribution is -2.47. The highest BCUT2D eigenvalue weighted by Crippen LogP contribution is 2.32. The van der Waals surface area contributed by atoms with Crippen molar-refractivity contribution < 1.29 is 14.1 Å². The van der Waals surface area contributed by atoms with E-state index in [1.165, 1.54) is 0 Å². The van der Waals surface area contributed by atoms with Gasteiger partial charge in [0.1, 0.15) is 5.75 Å². The fraction of sp³-hybridized carbons (Fsp3) is 0.318. The molecule has 1 unspecified atom stereocenters. The van der Waals surface area contributed by atoms with Gasteiger partial charge >= 0.3 is 0 Å². The molecule has 1 saturated heterocycles. The molecule has 2 aromatic carbocycles. The summed E-state index contributed by atoms with van der Waals surface area (Å²) >= 11 is 0. The van der Waals surface area contributed by atoms with Crippen molar-refractivity contribution in [1.29, 1.82) is 0 Å². The molecule has 0 aliphatic carbocycles. The van der Waals surface area contributed by atoms with Gasteiger partial charge in [0, 0.05) is 24.1 Å². The molecule has 1 aromatic heterocycles. The van der Waals surface area contributed by atoms with Crippen LogP contribution in [0.5, 0.6) is 5.75 Å². The zero-order valence-electron chi connectivity index (χ0n) is 15.9. The molecule has 1 aliphatic heterocycles. The Labute approximate surface area is 164 Å². The highest BCUT2D eigenvalue weighted by Gasteiger charge is 2.38. The van der Waals surface area contributed by atoms with Crippen molar-refractivity contribution >= 4 is 5.91 Å². The molecule has 0 saturated carbocycles. The Morgan fingerprint density at radius 3 is 2.61 bits per heavy atom. The van der Waals surface area contributed by atoms with Crippen LogP contribution in [0.15, 0.2) is 65.2 Å². The van der Waals surface area contributed by atoms with Crippen molar-refractivity contribution in [3.63, 3.8) is 0 Å². The number of para-hydroxylation sites is 1. The maximum absolute atomic E-state index is 12.8. The molecule has 3 aromatic rings. The number of hydrogen-bond acceptors (Lipinski definition) is 5. The van der Waals surface area contributed by atoms with E-state index in [-0.39, 0.29) is 17.9 Å². The number of carbonyl (C=O) groups excluding carboxylic acids is 1. The average Bonchev–Trinajstić information content (AvgIpc) is 3.23. The highest BCUT2D eigenvalue weighted by atomic mass is 16.5. The van der Waals surface area contributed by atoms with E-state index in [4.69, 9.17) is 9.26 Å². The molecule has 0 radical (unpaired) electrons. The minimum Gasteiger partial charge on any atom is -0.484 e. The maximum Gasteiger partial charge on any atom is 0.264 e. The average molecular weight is 377 g/mol. The van der Waals surface area contributed by atoms with Gasteiger partial charge in [0.25, 0.3) is 11.8 Å². The van der Waals surface area contributed by atoms with Gasteiger partial charge in [-0.2, -0.15) is 4.98 Å². The summed E-state index contributed by atoms with van der Waals surface area (Å²) < 4.78 is 11.1. The predicted octanol–water partition coefficient (Wildman–Crippen LogP) is 3.84. The van der Waals surface area contributed by atoms with Crippen LogP contribution >= 0.6 is 0 Å². The standard InChI is InChI=1S/C22H23N3O3/c1-22(13-8-14-25(16-22)20(26)17-9-4-2-5-10-17)21-23-19(28-24-21)15-27-18-11-6-3-7-12-18/h2-7,9-12H,8,13-16H2,1H3. The van der Waals surface area contributed by atoms with Crippen molar-refractivity contribution in [3.8, 4) is 5.75 Å². The number of carbonyl (C=O) groups is 1. The summed E-state index contributed by atoms with van der Waals surface area (Å²) in [5.74, 6) is 1.87. The number of ether oxygens (including phenoxy) is 1. The van der Waals surface area contributed by atoms with Crippen LogP contribution in [0, 0.1) is 0 Å². The zero-order chi connectivity index (χ0) is 19.4. The second-order valence-corrected chi connectivity index (χ2v) is 7.37. The fourth-order valence-electron chi connectivity index (χ4n) is 3.58. The maximum atomic E-state index is 12.8. The molecule has 6 nitrogen and oxygen atoms in total. The number of nitrogens with zero attached hydrogens (tertiary/aromatic N) is 3. The van der Waals surface area contributed by atoms with E-state index in [1.807, 2.05) is 65.6 Å². The monoisotopic (exact) mass is 377 g/mol. The molecule has 1 amide bonds. The Bertz CT molecular complexity index is 926. The molecule has 1 aliphatic rings. The Kier molecular flexibility index (Phi) is 5.10. The van der Waals surface area contributed by atoms with Gasteiger partial charge in [-0.1, -0.05) is 48.5 Å². The molecule has 28 heavy (non-hydrogen) atoms. The lowest BCUT2D eigenvalue weighted by Gasteiger charge is -2.38. The van der Waals surface area contributed by atoms with Gasteiger partial charge in [-0.05, 0) is 37.1 Å². The van der Waals surface area contributed by atoms with Gasteiger partial charge in [-0.15, -0.1) is 0 Å². The second-order valence-electron chi connectivity index (χ2n) is 7.37. The predicted molar refractivity (Wildman–Crippen MR) is 104 cm³/mol. The van der Waals surface area contributed by atoms with Crippen LogP contribution in [-0.4, -0.2) is 34.0 Å². The first-order valence-corrected chi connectivity index (χ1v) is 9.49. The van der Waals surface area contributed by atoms with E-state index in [9.17, 15) is 4.79 Å². The smallest absolute Gasteiger partial charge is 0.264 e. The minimum atomic E-state index is -0.336. The fourth-order valence-corrected chi connectivity index (χ4v) is 3.58. The summed E-state index contributed by atoms with van der Waals surface area (Å²) in [5.41, 5.74) is 0.369. The van der Waals surface area contributed by atoms with E-state index in [1.54, 1.807) is 0 Å². The lowest BCUT2D eigenvalue weighted by atomic mass is 9.81. The van der Waals surface area contributed by atoms with Crippen LogP contribution in [0.3, 0.4) is 0 Å². The van der Waals surface area contributed by atoms with Crippen LogP contribution in [0.4, 0.5) is 0 Å². The summed E-state index contributed by atoms with van der Waals surface area (Å²) in [4.78, 5) is 19.3. The molecular weight excluding hydrogens is 354 g/mol. The van der Waals surface area contributed by atoms with Gasteiger partial charge in [0.2, 0.25) is 0 Å². The third-order valence-electron chi connectivity index (χ3n) is 5.12. The largest absolute Gasteiger partial charge is 0.484 e. The Hall–Kier alpha value is -3.15. The van der Waals surface area contributed by atoms with E-state index >= 15 is 0 Å². The van der Waals surface area contributed by atoms with Crippen LogP contribution in [0.1, 0.15) is 41.8 Å². The topological polar surface area (TPSA) is 68.5 Å². The summed E-state index contributed by atoms with van der Waals surface area (Å²) in [6, 6.07) is 18.9. The Morgan fingerprint density at radius 2 is 1.86 bits per heavy atom. The summed E-state index contributed by atoms with van der Waals surface area (Å²) in [6.45, 7) is 3.62. The molecule has 4 rings (SSSR count). The molecule has 0 N–H and O–H groups in total. The number of amides is 1. The third-order valence-corrected chi connectivity index (χ3v) is 5.12. The number of rotatable bonds is 5. The first-order chi connectivity index (χ1) is 13.6. The highest BCUT2D eigenvalue weighted by molar-refractivity contribution is 5.94. The first-order valence-electron chi connectivity index (χ1n) is 9.49. The van der Waals surface area contributed by atoms with E-state index < -0.39 is 0 Å². The van der Waals surface area contributed by atoms with Crippen molar-refractivity contribution in [2.45, 2.75) is 31.8 Å². The SMILES string of the molecule is CC1(c2noc(COc3ccccc3)n2)CCCN(C(=O)c2ccccc2)C1. The number of benzene rings is 2. The lowest BCUT2D eigenvalue weighted by molar-refractivity contribution is 0.0642. The molecule has 6 heteroatoms. The van der Waals surface area contributed by atoms with E-state index in [2.05, 4.69) is 17.1 Å². The van der Waals surface area contributed by atoms with Crippen molar-refractivity contribution in [3.05, 3.63) is 77.9 Å². The number of aromatic nitrogens is 2. The summed E-state index contributed by atoms with van der Waals surface area (Å²) in [6.07, 6.45) is 1.81. The van der Waals surface area contributed by atoms with Gasteiger partial charge < -0.3 is 14.2 Å². The number of piperidine rings is 1. The quantitative estimate of drug-likeness (QED) is 0.676. The van der Waals surface area contributed by atoms with Gasteiger partial charge in [0.15, 0.2) is 12.4 Å². The molecule has 0 bridgehead atoms. The second kappa shape index (κ2) is 7.84. The summed E-state index contributed by atoms with van der Waals surface area (Å²) in [7, 11) is 0. The molecule has 1 fully saturated rings. The molecule has 1 atom stereocenters. The van der Waals surface area contributed by atoms with Gasteiger partial charge in [-0.3, -0.25) is 4.79 Å². The van der Waals surface area contributed by atoms with E-state index in [0.717, 1.165) is 25.1 Å². The van der Waals surface area contributed by atoms with Crippen molar-refractivity contribution in [1.82, 2.24) is 15.0 Å². The van der Waals surface area contributed by atoms with Crippen molar-refractivity contribution in [2.75, 3.05) is 13.1 Å². The summed E-state index contributed by atoms with van der Waals surface area (Å²) in [5, 5.41) is 4.19. The van der Waals surface area contributed by atoms with Crippen LogP contribution in [-0.2, 0) is 12.0 Å². The van der Waals surface area contributed by atoms with Crippen LogP contribution < -0.4 is 4.74 Å². The van der Waals surface area contributed by atoms with Crippen LogP contribution in [0.2, 0.25) is 0 Å². The Morgan fingerprint density at radius 1 is 1.14 bits per heavy atom. The van der Waals surface area contributed by atoms with Crippen molar-refractivity contribution in [2.24, 2.45) is 0 Å². The van der Waals surface area contributed by atoms with E-state index in [0.29, 0.717) is 23.8 Å². The molecule has 144 valence electrons. The van der Waals surface area contributed by atoms with Gasteiger partial charge in [0.05, 0.1) is 0 Å². The zero-order valence-corrected chi connectivity index (χ0v) is 15.9. The number of hydrogen-bond donors (Lipinski definition) is 0. The molecular formula is C22H23N3O3. The first kappa shape index (κ1) is 18.2. The third kappa shape index (κ3) is 3.91. The molecule has 2 heterocycles. The van der Waals surface area contributed by atoms with Gasteiger partial charge in [-0.25, -0.2) is 0 Å². The minimum absolute atomic E-state index is 0.0441. The molecule has 0 spiro atoms. The number of likely N-dealkylation sites (tertiary alicyclic amines) is 1. The Balaban J connectivity index is 1.44. The van der Waals surface area contributed by atoms with Crippen LogP contribution in [0.25, 0.3) is 0 Å². The normalized spacial score (nSPS) is 19.4.